The minimum atomic E-state index is -4.75. The molecule has 0 bridgehead atoms. The molecule has 0 spiro atoms. The summed E-state index contributed by atoms with van der Waals surface area (Å²) in [5.41, 5.74) is -0.590. The fraction of sp³-hybridized carbons (Fsp3) is 0.0870. The van der Waals surface area contributed by atoms with Crippen molar-refractivity contribution in [2.75, 3.05) is 0 Å². The summed E-state index contributed by atoms with van der Waals surface area (Å²) in [6.45, 7) is -0.0983. The number of carbonyl (C=O) groups is 1. The van der Waals surface area contributed by atoms with Gasteiger partial charge in [0, 0.05) is 21.0 Å². The molecule has 164 valence electrons. The predicted molar refractivity (Wildman–Crippen MR) is 115 cm³/mol. The highest BCUT2D eigenvalue weighted by Gasteiger charge is 2.35. The SMILES string of the molecule is O=C(OCc1ccccc1)c1cc2c(C(F)(F)F)cc(-c3ccc(Cl)cc3Cl)cc2n1O. The van der Waals surface area contributed by atoms with Gasteiger partial charge in [0.05, 0.1) is 11.1 Å². The van der Waals surface area contributed by atoms with Gasteiger partial charge in [-0.2, -0.15) is 17.9 Å². The molecule has 0 saturated heterocycles. The van der Waals surface area contributed by atoms with Crippen LogP contribution in [0.3, 0.4) is 0 Å². The van der Waals surface area contributed by atoms with Crippen molar-refractivity contribution in [1.82, 2.24) is 4.73 Å². The number of hydrogen-bond donors (Lipinski definition) is 1. The Bertz CT molecular complexity index is 1320. The van der Waals surface area contributed by atoms with E-state index in [-0.39, 0.29) is 33.7 Å². The van der Waals surface area contributed by atoms with Gasteiger partial charge in [-0.3, -0.25) is 0 Å². The van der Waals surface area contributed by atoms with Crippen molar-refractivity contribution >= 4 is 40.1 Å². The van der Waals surface area contributed by atoms with E-state index < -0.39 is 23.4 Å². The van der Waals surface area contributed by atoms with Gasteiger partial charge >= 0.3 is 12.1 Å². The molecule has 32 heavy (non-hydrogen) atoms. The third-order valence-electron chi connectivity index (χ3n) is 4.87. The summed E-state index contributed by atoms with van der Waals surface area (Å²) in [5.74, 6) is -0.966. The van der Waals surface area contributed by atoms with Crippen LogP contribution in [-0.2, 0) is 17.5 Å². The van der Waals surface area contributed by atoms with Gasteiger partial charge in [0.2, 0.25) is 0 Å². The number of aromatic nitrogens is 1. The summed E-state index contributed by atoms with van der Waals surface area (Å²) in [6, 6.07) is 16.3. The quantitative estimate of drug-likeness (QED) is 0.248. The molecule has 0 aliphatic rings. The zero-order valence-corrected chi connectivity index (χ0v) is 17.7. The summed E-state index contributed by atoms with van der Waals surface area (Å²) in [4.78, 5) is 12.5. The Hall–Kier alpha value is -3.16. The third kappa shape index (κ3) is 4.26. The summed E-state index contributed by atoms with van der Waals surface area (Å²) in [5, 5.41) is 10.6. The van der Waals surface area contributed by atoms with Crippen LogP contribution in [0, 0.1) is 0 Å². The number of fused-ring (bicyclic) bond motifs is 1. The molecule has 0 unspecified atom stereocenters. The molecule has 9 heteroatoms. The standard InChI is InChI=1S/C23H14Cl2F3NO3/c24-15-6-7-16(19(25)10-15)14-8-18(23(26,27)28)17-11-21(29(31)20(17)9-14)22(30)32-12-13-4-2-1-3-5-13/h1-11,31H,12H2. The molecular weight excluding hydrogens is 466 g/mol. The van der Waals surface area contributed by atoms with Gasteiger partial charge in [-0.15, -0.1) is 0 Å². The normalized spacial score (nSPS) is 11.7. The smallest absolute Gasteiger partial charge is 0.417 e. The molecular formula is C23H14Cl2F3NO3. The molecule has 4 nitrogen and oxygen atoms in total. The van der Waals surface area contributed by atoms with E-state index in [9.17, 15) is 23.2 Å². The third-order valence-corrected chi connectivity index (χ3v) is 5.41. The second kappa shape index (κ2) is 8.41. The summed E-state index contributed by atoms with van der Waals surface area (Å²) in [7, 11) is 0. The predicted octanol–water partition coefficient (Wildman–Crippen LogP) is 7.23. The topological polar surface area (TPSA) is 51.5 Å². The zero-order chi connectivity index (χ0) is 23.0. The van der Waals surface area contributed by atoms with Crippen LogP contribution in [0.4, 0.5) is 13.2 Å². The zero-order valence-electron chi connectivity index (χ0n) is 16.2. The van der Waals surface area contributed by atoms with Crippen molar-refractivity contribution in [3.05, 3.63) is 93.6 Å². The fourth-order valence-corrected chi connectivity index (χ4v) is 3.87. The molecule has 1 N–H and O–H groups in total. The number of nitrogens with zero attached hydrogens (tertiary/aromatic N) is 1. The van der Waals surface area contributed by atoms with Crippen LogP contribution < -0.4 is 0 Å². The van der Waals surface area contributed by atoms with E-state index in [0.29, 0.717) is 15.3 Å². The lowest BCUT2D eigenvalue weighted by Gasteiger charge is -2.12. The number of rotatable bonds is 4. The van der Waals surface area contributed by atoms with Gasteiger partial charge in [0.1, 0.15) is 6.61 Å². The number of carbonyl (C=O) groups excluding carboxylic acids is 1. The molecule has 0 radical (unpaired) electrons. The number of ether oxygens (including phenoxy) is 1. The molecule has 1 heterocycles. The Kier molecular flexibility index (Phi) is 5.79. The Balaban J connectivity index is 1.80. The Morgan fingerprint density at radius 3 is 2.38 bits per heavy atom. The van der Waals surface area contributed by atoms with Gasteiger partial charge in [0.15, 0.2) is 5.69 Å². The molecule has 0 saturated carbocycles. The van der Waals surface area contributed by atoms with Crippen molar-refractivity contribution in [1.29, 1.82) is 0 Å². The molecule has 0 aliphatic heterocycles. The van der Waals surface area contributed by atoms with Gasteiger partial charge in [-0.25, -0.2) is 4.79 Å². The largest absolute Gasteiger partial charge is 0.456 e. The highest BCUT2D eigenvalue weighted by molar-refractivity contribution is 6.36. The number of benzene rings is 3. The first kappa shape index (κ1) is 22.0. The number of hydrogen-bond acceptors (Lipinski definition) is 3. The summed E-state index contributed by atoms with van der Waals surface area (Å²) < 4.78 is 47.0. The fourth-order valence-electron chi connectivity index (χ4n) is 3.35. The summed E-state index contributed by atoms with van der Waals surface area (Å²) >= 11 is 12.0. The summed E-state index contributed by atoms with van der Waals surface area (Å²) in [6.07, 6.45) is -4.75. The highest BCUT2D eigenvalue weighted by atomic mass is 35.5. The van der Waals surface area contributed by atoms with Crippen LogP contribution in [0.1, 0.15) is 21.6 Å². The van der Waals surface area contributed by atoms with Crippen molar-refractivity contribution < 1.29 is 27.9 Å². The van der Waals surface area contributed by atoms with Crippen molar-refractivity contribution in [2.24, 2.45) is 0 Å². The molecule has 4 rings (SSSR count). The van der Waals surface area contributed by atoms with Gasteiger partial charge in [-0.05, 0) is 41.5 Å². The van der Waals surface area contributed by atoms with Crippen molar-refractivity contribution in [3.63, 3.8) is 0 Å². The van der Waals surface area contributed by atoms with Gasteiger partial charge in [-0.1, -0.05) is 59.6 Å². The van der Waals surface area contributed by atoms with E-state index in [1.54, 1.807) is 30.3 Å². The average molecular weight is 480 g/mol. The first-order chi connectivity index (χ1) is 15.1. The monoisotopic (exact) mass is 479 g/mol. The van der Waals surface area contributed by atoms with E-state index >= 15 is 0 Å². The van der Waals surface area contributed by atoms with Crippen LogP contribution in [0.15, 0.2) is 66.7 Å². The molecule has 0 aliphatic carbocycles. The Labute approximate surface area is 190 Å². The average Bonchev–Trinajstić information content (AvgIpc) is 3.08. The lowest BCUT2D eigenvalue weighted by atomic mass is 9.99. The van der Waals surface area contributed by atoms with E-state index in [2.05, 4.69) is 0 Å². The molecule has 0 amide bonds. The van der Waals surface area contributed by atoms with E-state index in [1.807, 2.05) is 0 Å². The molecule has 3 aromatic carbocycles. The number of halogens is 5. The van der Waals surface area contributed by atoms with E-state index in [1.165, 1.54) is 24.3 Å². The second-order valence-electron chi connectivity index (χ2n) is 6.98. The maximum atomic E-state index is 13.8. The number of esters is 1. The number of alkyl halides is 3. The maximum Gasteiger partial charge on any atom is 0.417 e. The lowest BCUT2D eigenvalue weighted by molar-refractivity contribution is -0.136. The van der Waals surface area contributed by atoms with Crippen molar-refractivity contribution in [2.45, 2.75) is 12.8 Å². The van der Waals surface area contributed by atoms with Crippen LogP contribution in [0.25, 0.3) is 22.0 Å². The molecule has 4 aromatic rings. The van der Waals surface area contributed by atoms with Crippen LogP contribution in [-0.4, -0.2) is 15.9 Å². The highest BCUT2D eigenvalue weighted by Crippen LogP contribution is 2.41. The first-order valence-corrected chi connectivity index (χ1v) is 10.0. The van der Waals surface area contributed by atoms with Crippen LogP contribution >= 0.6 is 23.2 Å². The Morgan fingerprint density at radius 1 is 1.00 bits per heavy atom. The van der Waals surface area contributed by atoms with E-state index in [4.69, 9.17) is 27.9 Å². The Morgan fingerprint density at radius 2 is 1.72 bits per heavy atom. The maximum absolute atomic E-state index is 13.8. The van der Waals surface area contributed by atoms with Crippen molar-refractivity contribution in [3.8, 4) is 11.1 Å². The minimum absolute atomic E-state index is 0.0983. The van der Waals surface area contributed by atoms with Crippen LogP contribution in [0.2, 0.25) is 10.0 Å². The molecule has 1 aromatic heterocycles. The minimum Gasteiger partial charge on any atom is -0.456 e. The second-order valence-corrected chi connectivity index (χ2v) is 7.83. The lowest BCUT2D eigenvalue weighted by Crippen LogP contribution is -2.10. The van der Waals surface area contributed by atoms with E-state index in [0.717, 1.165) is 12.1 Å². The molecule has 0 atom stereocenters. The first-order valence-electron chi connectivity index (χ1n) is 9.27. The van der Waals surface area contributed by atoms with Gasteiger partial charge < -0.3 is 9.94 Å². The van der Waals surface area contributed by atoms with Crippen LogP contribution in [0.5, 0.6) is 0 Å². The molecule has 0 fully saturated rings. The van der Waals surface area contributed by atoms with Gasteiger partial charge in [0.25, 0.3) is 0 Å².